The monoisotopic (exact) mass is 187 g/mol. The standard InChI is InChI=1S/C9H21N3O/c1-12(2)8-5-9(13)11-7-4-3-6-10/h3-8,10H2,1-2H3,(H,11,13). The maximum Gasteiger partial charge on any atom is 0.221 e. The number of hydrogen-bond donors (Lipinski definition) is 2. The molecule has 0 unspecified atom stereocenters. The minimum absolute atomic E-state index is 0.130. The summed E-state index contributed by atoms with van der Waals surface area (Å²) in [5.74, 6) is 0.130. The van der Waals surface area contributed by atoms with E-state index in [0.29, 0.717) is 13.0 Å². The Hall–Kier alpha value is -0.610. The maximum atomic E-state index is 11.1. The summed E-state index contributed by atoms with van der Waals surface area (Å²) in [5, 5.41) is 2.85. The van der Waals surface area contributed by atoms with E-state index in [1.807, 2.05) is 19.0 Å². The molecule has 0 aliphatic carbocycles. The fourth-order valence-corrected chi connectivity index (χ4v) is 0.911. The first-order valence-corrected chi connectivity index (χ1v) is 4.78. The summed E-state index contributed by atoms with van der Waals surface area (Å²) in [6, 6.07) is 0. The largest absolute Gasteiger partial charge is 0.356 e. The van der Waals surface area contributed by atoms with Crippen LogP contribution in [0.1, 0.15) is 19.3 Å². The molecule has 0 aliphatic heterocycles. The average molecular weight is 187 g/mol. The second-order valence-corrected chi connectivity index (χ2v) is 3.40. The summed E-state index contributed by atoms with van der Waals surface area (Å²) in [5.41, 5.74) is 5.32. The Balaban J connectivity index is 3.20. The van der Waals surface area contributed by atoms with Crippen molar-refractivity contribution in [1.29, 1.82) is 0 Å². The van der Waals surface area contributed by atoms with Crippen molar-refractivity contribution in [3.8, 4) is 0 Å². The molecule has 1 amide bonds. The van der Waals surface area contributed by atoms with Gasteiger partial charge in [-0.15, -0.1) is 0 Å². The zero-order valence-electron chi connectivity index (χ0n) is 8.68. The van der Waals surface area contributed by atoms with Gasteiger partial charge in [0.25, 0.3) is 0 Å². The molecule has 0 spiro atoms. The van der Waals surface area contributed by atoms with Crippen LogP contribution in [0.5, 0.6) is 0 Å². The Morgan fingerprint density at radius 3 is 2.62 bits per heavy atom. The van der Waals surface area contributed by atoms with Crippen LogP contribution < -0.4 is 11.1 Å². The second kappa shape index (κ2) is 8.01. The number of carbonyl (C=O) groups is 1. The molecule has 0 saturated heterocycles. The minimum atomic E-state index is 0.130. The predicted molar refractivity (Wildman–Crippen MR) is 54.5 cm³/mol. The molecule has 78 valence electrons. The van der Waals surface area contributed by atoms with Gasteiger partial charge in [0, 0.05) is 19.5 Å². The van der Waals surface area contributed by atoms with Crippen molar-refractivity contribution < 1.29 is 4.79 Å². The fraction of sp³-hybridized carbons (Fsp3) is 0.889. The molecular formula is C9H21N3O. The lowest BCUT2D eigenvalue weighted by Crippen LogP contribution is -2.28. The van der Waals surface area contributed by atoms with Gasteiger partial charge in [-0.2, -0.15) is 0 Å². The number of rotatable bonds is 7. The number of hydrogen-bond acceptors (Lipinski definition) is 3. The first-order valence-electron chi connectivity index (χ1n) is 4.78. The molecule has 0 aromatic heterocycles. The summed E-state index contributed by atoms with van der Waals surface area (Å²) in [6.45, 7) is 2.26. The Morgan fingerprint density at radius 1 is 1.38 bits per heavy atom. The molecule has 0 bridgehead atoms. The highest BCUT2D eigenvalue weighted by Gasteiger charge is 2.00. The molecule has 0 fully saturated rings. The molecule has 13 heavy (non-hydrogen) atoms. The van der Waals surface area contributed by atoms with Gasteiger partial charge in [0.1, 0.15) is 0 Å². The lowest BCUT2D eigenvalue weighted by molar-refractivity contribution is -0.121. The molecule has 4 heteroatoms. The van der Waals surface area contributed by atoms with E-state index in [2.05, 4.69) is 5.32 Å². The van der Waals surface area contributed by atoms with Crippen LogP contribution in [0.4, 0.5) is 0 Å². The molecule has 0 saturated carbocycles. The Bertz CT molecular complexity index is 137. The highest BCUT2D eigenvalue weighted by Crippen LogP contribution is 1.86. The quantitative estimate of drug-likeness (QED) is 0.542. The van der Waals surface area contributed by atoms with Crippen LogP contribution in [0.3, 0.4) is 0 Å². The van der Waals surface area contributed by atoms with Crippen molar-refractivity contribution in [2.75, 3.05) is 33.7 Å². The molecular weight excluding hydrogens is 166 g/mol. The van der Waals surface area contributed by atoms with Crippen LogP contribution >= 0.6 is 0 Å². The Labute approximate surface area is 80.5 Å². The van der Waals surface area contributed by atoms with Crippen LogP contribution in [0.25, 0.3) is 0 Å². The highest BCUT2D eigenvalue weighted by molar-refractivity contribution is 5.75. The van der Waals surface area contributed by atoms with Crippen LogP contribution in [0, 0.1) is 0 Å². The molecule has 0 rings (SSSR count). The molecule has 0 atom stereocenters. The number of nitrogens with zero attached hydrogens (tertiary/aromatic N) is 1. The molecule has 4 nitrogen and oxygen atoms in total. The van der Waals surface area contributed by atoms with Gasteiger partial charge in [0.2, 0.25) is 5.91 Å². The maximum absolute atomic E-state index is 11.1. The number of nitrogens with two attached hydrogens (primary N) is 1. The SMILES string of the molecule is CN(C)CCC(=O)NCCCCN. The van der Waals surface area contributed by atoms with E-state index >= 15 is 0 Å². The number of amides is 1. The Kier molecular flexibility index (Phi) is 7.63. The third-order valence-corrected chi connectivity index (χ3v) is 1.74. The molecule has 3 N–H and O–H groups in total. The van der Waals surface area contributed by atoms with Gasteiger partial charge in [-0.3, -0.25) is 4.79 Å². The molecule has 0 aromatic rings. The fourth-order valence-electron chi connectivity index (χ4n) is 0.911. The van der Waals surface area contributed by atoms with Gasteiger partial charge in [0.15, 0.2) is 0 Å². The lowest BCUT2D eigenvalue weighted by atomic mass is 10.3. The van der Waals surface area contributed by atoms with Crippen LogP contribution in [-0.2, 0) is 4.79 Å². The van der Waals surface area contributed by atoms with Crippen LogP contribution in [0.2, 0.25) is 0 Å². The minimum Gasteiger partial charge on any atom is -0.356 e. The van der Waals surface area contributed by atoms with Crippen molar-refractivity contribution in [2.45, 2.75) is 19.3 Å². The van der Waals surface area contributed by atoms with Gasteiger partial charge in [0.05, 0.1) is 0 Å². The zero-order valence-corrected chi connectivity index (χ0v) is 8.68. The van der Waals surface area contributed by atoms with E-state index in [4.69, 9.17) is 5.73 Å². The van der Waals surface area contributed by atoms with Crippen molar-refractivity contribution in [3.05, 3.63) is 0 Å². The van der Waals surface area contributed by atoms with Crippen LogP contribution in [0.15, 0.2) is 0 Å². The third-order valence-electron chi connectivity index (χ3n) is 1.74. The smallest absolute Gasteiger partial charge is 0.221 e. The van der Waals surface area contributed by atoms with Gasteiger partial charge >= 0.3 is 0 Å². The van der Waals surface area contributed by atoms with Crippen molar-refractivity contribution in [1.82, 2.24) is 10.2 Å². The normalized spacial score (nSPS) is 10.5. The second-order valence-electron chi connectivity index (χ2n) is 3.40. The molecule has 0 radical (unpaired) electrons. The molecule has 0 aromatic carbocycles. The van der Waals surface area contributed by atoms with Crippen LogP contribution in [-0.4, -0.2) is 44.5 Å². The van der Waals surface area contributed by atoms with Crippen molar-refractivity contribution in [2.24, 2.45) is 5.73 Å². The van der Waals surface area contributed by atoms with Gasteiger partial charge < -0.3 is 16.0 Å². The predicted octanol–water partition coefficient (Wildman–Crippen LogP) is -0.207. The summed E-state index contributed by atoms with van der Waals surface area (Å²) in [7, 11) is 3.92. The van der Waals surface area contributed by atoms with E-state index in [9.17, 15) is 4.79 Å². The number of carbonyl (C=O) groups excluding carboxylic acids is 1. The van der Waals surface area contributed by atoms with Crippen molar-refractivity contribution >= 4 is 5.91 Å². The summed E-state index contributed by atoms with van der Waals surface area (Å²) < 4.78 is 0. The Morgan fingerprint density at radius 2 is 2.08 bits per heavy atom. The average Bonchev–Trinajstić information content (AvgIpc) is 2.09. The first-order chi connectivity index (χ1) is 6.16. The molecule has 0 heterocycles. The zero-order chi connectivity index (χ0) is 10.1. The van der Waals surface area contributed by atoms with Gasteiger partial charge in [-0.05, 0) is 33.5 Å². The molecule has 0 aliphatic rings. The number of nitrogens with one attached hydrogen (secondary N) is 1. The van der Waals surface area contributed by atoms with Gasteiger partial charge in [-0.1, -0.05) is 0 Å². The van der Waals surface area contributed by atoms with Crippen molar-refractivity contribution in [3.63, 3.8) is 0 Å². The third kappa shape index (κ3) is 9.30. The summed E-state index contributed by atoms with van der Waals surface area (Å²) in [6.07, 6.45) is 2.54. The van der Waals surface area contributed by atoms with E-state index < -0.39 is 0 Å². The summed E-state index contributed by atoms with van der Waals surface area (Å²) in [4.78, 5) is 13.1. The highest BCUT2D eigenvalue weighted by atomic mass is 16.1. The van der Waals surface area contributed by atoms with E-state index in [1.165, 1.54) is 0 Å². The van der Waals surface area contributed by atoms with E-state index in [0.717, 1.165) is 25.9 Å². The summed E-state index contributed by atoms with van der Waals surface area (Å²) >= 11 is 0. The number of unbranched alkanes of at least 4 members (excludes halogenated alkanes) is 1. The first kappa shape index (κ1) is 12.4. The topological polar surface area (TPSA) is 58.4 Å². The van der Waals surface area contributed by atoms with Gasteiger partial charge in [-0.25, -0.2) is 0 Å². The lowest BCUT2D eigenvalue weighted by Gasteiger charge is -2.09. The van der Waals surface area contributed by atoms with E-state index in [1.54, 1.807) is 0 Å². The van der Waals surface area contributed by atoms with E-state index in [-0.39, 0.29) is 5.91 Å².